The van der Waals surface area contributed by atoms with Gasteiger partial charge in [0, 0.05) is 5.56 Å². The second-order valence-electron chi connectivity index (χ2n) is 3.01. The second kappa shape index (κ2) is 5.29. The molecule has 0 aromatic carbocycles. The minimum Gasteiger partial charge on any atom is -0.461 e. The van der Waals surface area contributed by atoms with E-state index in [1.54, 1.807) is 20.8 Å². The van der Waals surface area contributed by atoms with Crippen molar-refractivity contribution in [2.75, 3.05) is 13.2 Å². The molecule has 0 spiro atoms. The van der Waals surface area contributed by atoms with Crippen LogP contribution < -0.4 is 0 Å². The molecule has 1 heterocycles. The fourth-order valence-corrected chi connectivity index (χ4v) is 1.20. The van der Waals surface area contributed by atoms with Gasteiger partial charge in [-0.05, 0) is 20.8 Å². The summed E-state index contributed by atoms with van der Waals surface area (Å²) in [7, 11) is 0. The summed E-state index contributed by atoms with van der Waals surface area (Å²) in [5.41, 5.74) is 0.742. The highest BCUT2D eigenvalue weighted by Crippen LogP contribution is 2.12. The summed E-state index contributed by atoms with van der Waals surface area (Å²) in [6.45, 7) is 5.55. The molecule has 0 bridgehead atoms. The van der Waals surface area contributed by atoms with E-state index in [9.17, 15) is 9.59 Å². The molecular weight excluding hydrogens is 212 g/mol. The first-order valence-electron chi connectivity index (χ1n) is 5.01. The number of rotatable bonds is 4. The van der Waals surface area contributed by atoms with E-state index >= 15 is 0 Å². The Bertz CT molecular complexity index is 362. The molecule has 0 aliphatic heterocycles. The summed E-state index contributed by atoms with van der Waals surface area (Å²) in [6, 6.07) is 0. The highest BCUT2D eigenvalue weighted by atomic mass is 16.5. The van der Waals surface area contributed by atoms with E-state index < -0.39 is 11.9 Å². The van der Waals surface area contributed by atoms with Crippen molar-refractivity contribution in [1.29, 1.82) is 0 Å². The van der Waals surface area contributed by atoms with Crippen LogP contribution in [0.25, 0.3) is 0 Å². The third-order valence-electron chi connectivity index (χ3n) is 1.96. The number of aromatic amines is 1. The van der Waals surface area contributed by atoms with Gasteiger partial charge in [-0.25, -0.2) is 9.59 Å². The third kappa shape index (κ3) is 2.39. The predicted molar refractivity (Wildman–Crippen MR) is 55.2 cm³/mol. The first kappa shape index (κ1) is 12.2. The molecule has 6 nitrogen and oxygen atoms in total. The number of H-pyrrole nitrogens is 1. The Kier molecular flexibility index (Phi) is 4.04. The molecule has 0 amide bonds. The Morgan fingerprint density at radius 2 is 1.75 bits per heavy atom. The van der Waals surface area contributed by atoms with Crippen LogP contribution >= 0.6 is 0 Å². The van der Waals surface area contributed by atoms with Gasteiger partial charge in [0.1, 0.15) is 5.69 Å². The summed E-state index contributed by atoms with van der Waals surface area (Å²) in [4.78, 5) is 22.8. The minimum absolute atomic E-state index is 0.116. The van der Waals surface area contributed by atoms with Gasteiger partial charge in [-0.3, -0.25) is 5.10 Å². The molecule has 0 aliphatic rings. The molecule has 1 rings (SSSR count). The van der Waals surface area contributed by atoms with Crippen LogP contribution in [0.5, 0.6) is 0 Å². The number of hydrogen-bond acceptors (Lipinski definition) is 5. The number of esters is 2. The number of ether oxygens (including phenoxy) is 2. The average Bonchev–Trinajstić information content (AvgIpc) is 2.61. The molecule has 0 radical (unpaired) electrons. The summed E-state index contributed by atoms with van der Waals surface area (Å²) in [5.74, 6) is -1.07. The SMILES string of the molecule is CCOC(=O)c1n[nH]c(C(=O)OCC)c1C. The fourth-order valence-electron chi connectivity index (χ4n) is 1.20. The standard InChI is InChI=1S/C10H14N2O4/c1-4-15-9(13)7-6(3)8(12-11-7)10(14)16-5-2/h4-5H2,1-3H3,(H,11,12). The van der Waals surface area contributed by atoms with Crippen molar-refractivity contribution in [3.05, 3.63) is 17.0 Å². The van der Waals surface area contributed by atoms with Gasteiger partial charge in [-0.2, -0.15) is 5.10 Å². The molecule has 6 heteroatoms. The summed E-state index contributed by atoms with van der Waals surface area (Å²) < 4.78 is 9.59. The normalized spacial score (nSPS) is 9.94. The van der Waals surface area contributed by atoms with E-state index in [1.807, 2.05) is 0 Å². The first-order chi connectivity index (χ1) is 7.61. The van der Waals surface area contributed by atoms with Crippen molar-refractivity contribution in [2.24, 2.45) is 0 Å². The molecule has 1 aromatic rings. The monoisotopic (exact) mass is 226 g/mol. The number of nitrogens with zero attached hydrogens (tertiary/aromatic N) is 1. The highest BCUT2D eigenvalue weighted by Gasteiger charge is 2.21. The van der Waals surface area contributed by atoms with E-state index in [-0.39, 0.29) is 24.6 Å². The van der Waals surface area contributed by atoms with Crippen LogP contribution in [0.2, 0.25) is 0 Å². The Labute approximate surface area is 92.9 Å². The number of aromatic nitrogens is 2. The highest BCUT2D eigenvalue weighted by molar-refractivity contribution is 5.95. The quantitative estimate of drug-likeness (QED) is 0.776. The number of carbonyl (C=O) groups excluding carboxylic acids is 2. The Morgan fingerprint density at radius 3 is 2.31 bits per heavy atom. The molecule has 0 saturated carbocycles. The molecule has 16 heavy (non-hydrogen) atoms. The largest absolute Gasteiger partial charge is 0.461 e. The predicted octanol–water partition coefficient (Wildman–Crippen LogP) is 1.07. The maximum absolute atomic E-state index is 11.4. The van der Waals surface area contributed by atoms with Crippen LogP contribution in [0, 0.1) is 6.92 Å². The molecule has 0 fully saturated rings. The molecule has 0 unspecified atom stereocenters. The van der Waals surface area contributed by atoms with Crippen molar-refractivity contribution in [3.8, 4) is 0 Å². The van der Waals surface area contributed by atoms with Gasteiger partial charge in [0.25, 0.3) is 0 Å². The molecule has 1 aromatic heterocycles. The van der Waals surface area contributed by atoms with E-state index in [1.165, 1.54) is 0 Å². The number of carbonyl (C=O) groups is 2. The van der Waals surface area contributed by atoms with E-state index in [4.69, 9.17) is 9.47 Å². The van der Waals surface area contributed by atoms with Gasteiger partial charge >= 0.3 is 11.9 Å². The maximum Gasteiger partial charge on any atom is 0.359 e. The summed E-state index contributed by atoms with van der Waals surface area (Å²) >= 11 is 0. The molecule has 1 N–H and O–H groups in total. The molecule has 88 valence electrons. The van der Waals surface area contributed by atoms with E-state index in [2.05, 4.69) is 10.2 Å². The van der Waals surface area contributed by atoms with Gasteiger partial charge in [-0.15, -0.1) is 0 Å². The smallest absolute Gasteiger partial charge is 0.359 e. The van der Waals surface area contributed by atoms with Crippen LogP contribution in [-0.4, -0.2) is 35.3 Å². The van der Waals surface area contributed by atoms with Crippen molar-refractivity contribution in [3.63, 3.8) is 0 Å². The van der Waals surface area contributed by atoms with Crippen LogP contribution in [-0.2, 0) is 9.47 Å². The lowest BCUT2D eigenvalue weighted by Crippen LogP contribution is -2.09. The lowest BCUT2D eigenvalue weighted by atomic mass is 10.2. The first-order valence-corrected chi connectivity index (χ1v) is 5.01. The molecule has 0 atom stereocenters. The van der Waals surface area contributed by atoms with Crippen LogP contribution in [0.3, 0.4) is 0 Å². The van der Waals surface area contributed by atoms with Gasteiger partial charge < -0.3 is 9.47 Å². The van der Waals surface area contributed by atoms with Gasteiger partial charge in [0.2, 0.25) is 0 Å². The second-order valence-corrected chi connectivity index (χ2v) is 3.01. The number of nitrogens with one attached hydrogen (secondary N) is 1. The molecule has 0 aliphatic carbocycles. The van der Waals surface area contributed by atoms with E-state index in [0.29, 0.717) is 5.56 Å². The number of hydrogen-bond donors (Lipinski definition) is 1. The molecule has 0 saturated heterocycles. The van der Waals surface area contributed by atoms with Crippen molar-refractivity contribution < 1.29 is 19.1 Å². The fraction of sp³-hybridized carbons (Fsp3) is 0.500. The average molecular weight is 226 g/mol. The van der Waals surface area contributed by atoms with Gasteiger partial charge in [-0.1, -0.05) is 0 Å². The lowest BCUT2D eigenvalue weighted by molar-refractivity contribution is 0.0513. The van der Waals surface area contributed by atoms with Gasteiger partial charge in [0.15, 0.2) is 5.69 Å². The zero-order chi connectivity index (χ0) is 12.1. The topological polar surface area (TPSA) is 81.3 Å². The van der Waals surface area contributed by atoms with Crippen LogP contribution in [0.1, 0.15) is 40.4 Å². The van der Waals surface area contributed by atoms with Gasteiger partial charge in [0.05, 0.1) is 13.2 Å². The van der Waals surface area contributed by atoms with Crippen LogP contribution in [0.4, 0.5) is 0 Å². The Balaban J connectivity index is 2.92. The van der Waals surface area contributed by atoms with E-state index in [0.717, 1.165) is 0 Å². The molecular formula is C10H14N2O4. The summed E-state index contributed by atoms with van der Waals surface area (Å²) in [5, 5.41) is 6.21. The van der Waals surface area contributed by atoms with Crippen molar-refractivity contribution >= 4 is 11.9 Å². The van der Waals surface area contributed by atoms with Crippen molar-refractivity contribution in [2.45, 2.75) is 20.8 Å². The Hall–Kier alpha value is -1.85. The maximum atomic E-state index is 11.4. The summed E-state index contributed by atoms with van der Waals surface area (Å²) in [6.07, 6.45) is 0. The van der Waals surface area contributed by atoms with Crippen LogP contribution in [0.15, 0.2) is 0 Å². The zero-order valence-electron chi connectivity index (χ0n) is 9.49. The zero-order valence-corrected chi connectivity index (χ0v) is 9.49. The van der Waals surface area contributed by atoms with Crippen molar-refractivity contribution in [1.82, 2.24) is 10.2 Å². The lowest BCUT2D eigenvalue weighted by Gasteiger charge is -2.00. The third-order valence-corrected chi connectivity index (χ3v) is 1.96. The Morgan fingerprint density at radius 1 is 1.19 bits per heavy atom. The minimum atomic E-state index is -0.549.